The molecule has 0 bridgehead atoms. The molecule has 1 aromatic heterocycles. The summed E-state index contributed by atoms with van der Waals surface area (Å²) < 4.78 is 1.32. The Balaban J connectivity index is 2.07. The van der Waals surface area contributed by atoms with Crippen LogP contribution in [-0.2, 0) is 0 Å². The molecular weight excluding hydrogens is 316 g/mol. The second kappa shape index (κ2) is 5.80. The molecule has 0 saturated heterocycles. The molecule has 0 aliphatic rings. The number of H-pyrrole nitrogens is 1. The number of carbonyl (C=O) groups excluding carboxylic acids is 1. The Labute approximate surface area is 133 Å². The van der Waals surface area contributed by atoms with Gasteiger partial charge in [-0.15, -0.1) is 0 Å². The number of non-ortho nitro benzene ring substituents is 1. The van der Waals surface area contributed by atoms with Crippen molar-refractivity contribution in [3.05, 3.63) is 91.2 Å². The van der Waals surface area contributed by atoms with E-state index >= 15 is 0 Å². The topological polar surface area (TPSA) is 120 Å². The first-order valence-electron chi connectivity index (χ1n) is 6.77. The molecule has 0 fully saturated rings. The van der Waals surface area contributed by atoms with Crippen LogP contribution >= 0.6 is 0 Å². The van der Waals surface area contributed by atoms with Crippen LogP contribution < -0.4 is 11.4 Å². The molecule has 0 unspecified atom stereocenters. The minimum absolute atomic E-state index is 0.117. The van der Waals surface area contributed by atoms with Crippen molar-refractivity contribution in [1.82, 2.24) is 14.3 Å². The fraction of sp³-hybridized carbons (Fsp3) is 0. The molecule has 0 atom stereocenters. The van der Waals surface area contributed by atoms with Crippen LogP contribution in [0.5, 0.6) is 0 Å². The lowest BCUT2D eigenvalue weighted by atomic mass is 10.2. The average molecular weight is 326 g/mol. The molecular formula is C15H10N4O5. The van der Waals surface area contributed by atoms with E-state index in [-0.39, 0.29) is 16.9 Å². The third-order valence-corrected chi connectivity index (χ3v) is 3.34. The number of benzene rings is 2. The summed E-state index contributed by atoms with van der Waals surface area (Å²) in [4.78, 5) is 46.7. The van der Waals surface area contributed by atoms with Gasteiger partial charge in [0.05, 0.1) is 10.6 Å². The molecule has 1 heterocycles. The number of carbonyl (C=O) groups is 1. The Bertz CT molecular complexity index is 1030. The van der Waals surface area contributed by atoms with E-state index in [1.165, 1.54) is 24.3 Å². The van der Waals surface area contributed by atoms with Gasteiger partial charge >= 0.3 is 11.4 Å². The summed E-state index contributed by atoms with van der Waals surface area (Å²) in [6, 6.07) is 12.8. The van der Waals surface area contributed by atoms with E-state index < -0.39 is 22.2 Å². The molecule has 9 nitrogen and oxygen atoms in total. The molecule has 120 valence electrons. The minimum Gasteiger partial charge on any atom is -0.267 e. The number of rotatable bonds is 3. The van der Waals surface area contributed by atoms with Crippen LogP contribution in [0.25, 0.3) is 5.69 Å². The van der Waals surface area contributed by atoms with Gasteiger partial charge in [-0.05, 0) is 24.3 Å². The molecule has 3 rings (SSSR count). The van der Waals surface area contributed by atoms with Gasteiger partial charge in [0.15, 0.2) is 0 Å². The maximum atomic E-state index is 12.4. The van der Waals surface area contributed by atoms with Crippen LogP contribution in [0.3, 0.4) is 0 Å². The molecule has 9 heteroatoms. The van der Waals surface area contributed by atoms with E-state index in [1.54, 1.807) is 18.2 Å². The van der Waals surface area contributed by atoms with Crippen molar-refractivity contribution in [2.75, 3.05) is 0 Å². The van der Waals surface area contributed by atoms with Crippen molar-refractivity contribution >= 4 is 11.6 Å². The normalized spacial score (nSPS) is 10.5. The summed E-state index contributed by atoms with van der Waals surface area (Å²) in [5.74, 6) is -0.682. The van der Waals surface area contributed by atoms with Crippen LogP contribution in [-0.4, -0.2) is 25.2 Å². The highest BCUT2D eigenvalue weighted by molar-refractivity contribution is 5.95. The van der Waals surface area contributed by atoms with Crippen LogP contribution in [0.15, 0.2) is 64.2 Å². The van der Waals surface area contributed by atoms with E-state index in [2.05, 4.69) is 5.10 Å². The zero-order valence-electron chi connectivity index (χ0n) is 12.1. The fourth-order valence-corrected chi connectivity index (χ4v) is 2.18. The van der Waals surface area contributed by atoms with Crippen molar-refractivity contribution in [3.63, 3.8) is 0 Å². The molecule has 0 saturated carbocycles. The summed E-state index contributed by atoms with van der Waals surface area (Å²) in [6.45, 7) is 0. The number of nitrogens with one attached hydrogen (secondary N) is 1. The summed E-state index contributed by atoms with van der Waals surface area (Å²) in [5.41, 5.74) is -1.54. The third kappa shape index (κ3) is 2.54. The Hall–Kier alpha value is -3.75. The van der Waals surface area contributed by atoms with Gasteiger partial charge in [0, 0.05) is 17.7 Å². The Kier molecular flexibility index (Phi) is 3.66. The van der Waals surface area contributed by atoms with Crippen molar-refractivity contribution in [1.29, 1.82) is 0 Å². The summed E-state index contributed by atoms with van der Waals surface area (Å²) in [5, 5.41) is 12.8. The number of nitro groups is 1. The van der Waals surface area contributed by atoms with Gasteiger partial charge in [-0.1, -0.05) is 18.2 Å². The fourth-order valence-electron chi connectivity index (χ4n) is 2.18. The first kappa shape index (κ1) is 15.2. The van der Waals surface area contributed by atoms with E-state index in [4.69, 9.17) is 0 Å². The maximum Gasteiger partial charge on any atom is 0.359 e. The predicted molar refractivity (Wildman–Crippen MR) is 83.5 cm³/mol. The van der Waals surface area contributed by atoms with Gasteiger partial charge in [0.25, 0.3) is 11.6 Å². The van der Waals surface area contributed by atoms with Gasteiger partial charge < -0.3 is 0 Å². The van der Waals surface area contributed by atoms with Crippen LogP contribution in [0.2, 0.25) is 0 Å². The highest BCUT2D eigenvalue weighted by Crippen LogP contribution is 2.13. The average Bonchev–Trinajstić information content (AvgIpc) is 2.89. The number of hydrogen-bond acceptors (Lipinski definition) is 5. The lowest BCUT2D eigenvalue weighted by Crippen LogP contribution is -2.30. The first-order valence-corrected chi connectivity index (χ1v) is 6.77. The molecule has 0 amide bonds. The smallest absolute Gasteiger partial charge is 0.267 e. The van der Waals surface area contributed by atoms with Crippen molar-refractivity contribution in [3.8, 4) is 5.69 Å². The number of nitrogens with zero attached hydrogens (tertiary/aromatic N) is 3. The molecule has 0 spiro atoms. The van der Waals surface area contributed by atoms with Crippen LogP contribution in [0, 0.1) is 10.1 Å². The molecule has 0 aliphatic heterocycles. The van der Waals surface area contributed by atoms with Crippen molar-refractivity contribution in [2.24, 2.45) is 0 Å². The molecule has 1 N–H and O–H groups in total. The quantitative estimate of drug-likeness (QED) is 0.567. The first-order chi connectivity index (χ1) is 11.5. The number of hydrogen-bond donors (Lipinski definition) is 1. The van der Waals surface area contributed by atoms with Crippen molar-refractivity contribution < 1.29 is 9.72 Å². The summed E-state index contributed by atoms with van der Waals surface area (Å²) in [6.07, 6.45) is 0. The van der Waals surface area contributed by atoms with Gasteiger partial charge in [0.2, 0.25) is 0 Å². The maximum absolute atomic E-state index is 12.4. The van der Waals surface area contributed by atoms with Crippen molar-refractivity contribution in [2.45, 2.75) is 0 Å². The van der Waals surface area contributed by atoms with Gasteiger partial charge in [-0.3, -0.25) is 14.9 Å². The monoisotopic (exact) mass is 326 g/mol. The zero-order chi connectivity index (χ0) is 17.3. The van der Waals surface area contributed by atoms with Gasteiger partial charge in [0.1, 0.15) is 0 Å². The molecule has 0 radical (unpaired) electrons. The highest BCUT2D eigenvalue weighted by Gasteiger charge is 2.18. The molecule has 24 heavy (non-hydrogen) atoms. The number of aromatic nitrogens is 3. The standard InChI is InChI=1S/C15H10N4O5/c20-13(10-4-2-1-3-5-10)18-15(22)17(14(21)16-18)11-6-8-12(9-7-11)19(23)24/h1-9H,(H,16,21). The van der Waals surface area contributed by atoms with Crippen LogP contribution in [0.4, 0.5) is 5.69 Å². The van der Waals surface area contributed by atoms with E-state index in [9.17, 15) is 24.5 Å². The highest BCUT2D eigenvalue weighted by atomic mass is 16.6. The Morgan fingerprint density at radius 1 is 1.00 bits per heavy atom. The van der Waals surface area contributed by atoms with E-state index in [1.807, 2.05) is 0 Å². The molecule has 0 aliphatic carbocycles. The largest absolute Gasteiger partial charge is 0.359 e. The second-order valence-corrected chi connectivity index (χ2v) is 4.82. The number of nitro benzene ring substituents is 1. The van der Waals surface area contributed by atoms with Gasteiger partial charge in [-0.2, -0.15) is 4.68 Å². The number of aromatic amines is 1. The lowest BCUT2D eigenvalue weighted by molar-refractivity contribution is -0.384. The summed E-state index contributed by atoms with van der Waals surface area (Å²) in [7, 11) is 0. The Morgan fingerprint density at radius 3 is 2.21 bits per heavy atom. The van der Waals surface area contributed by atoms with E-state index in [0.717, 1.165) is 16.7 Å². The molecule has 2 aromatic carbocycles. The Morgan fingerprint density at radius 2 is 1.62 bits per heavy atom. The van der Waals surface area contributed by atoms with Crippen LogP contribution in [0.1, 0.15) is 10.4 Å². The van der Waals surface area contributed by atoms with E-state index in [0.29, 0.717) is 4.68 Å². The second-order valence-electron chi connectivity index (χ2n) is 4.82. The minimum atomic E-state index is -0.886. The lowest BCUT2D eigenvalue weighted by Gasteiger charge is -2.00. The van der Waals surface area contributed by atoms with Gasteiger partial charge in [-0.25, -0.2) is 19.3 Å². The zero-order valence-corrected chi connectivity index (χ0v) is 12.1. The predicted octanol–water partition coefficient (Wildman–Crippen LogP) is 0.924. The molecule has 3 aromatic rings. The third-order valence-electron chi connectivity index (χ3n) is 3.34. The summed E-state index contributed by atoms with van der Waals surface area (Å²) >= 11 is 0. The SMILES string of the molecule is O=C(c1ccccc1)n1[nH]c(=O)n(-c2ccc([N+](=O)[O-])cc2)c1=O.